The van der Waals surface area contributed by atoms with Crippen LogP contribution in [0.3, 0.4) is 0 Å². The molecule has 34 heavy (non-hydrogen) atoms. The molecule has 0 amide bonds. The van der Waals surface area contributed by atoms with E-state index in [9.17, 15) is 18.0 Å². The van der Waals surface area contributed by atoms with E-state index in [0.717, 1.165) is 12.8 Å². The molecule has 2 rings (SSSR count). The molecule has 188 valence electrons. The van der Waals surface area contributed by atoms with Crippen LogP contribution in [0.25, 0.3) is 0 Å². The SMILES string of the molecule is CCCCCCCCCCCCS(=O)(=O)Oc1ccccc1.O=C(O)c1ccc(C(=O)O)cc1. The van der Waals surface area contributed by atoms with Gasteiger partial charge in [-0.05, 0) is 42.8 Å². The fraction of sp³-hybridized carbons (Fsp3) is 0.462. The number of carboxylic acids is 2. The number of rotatable bonds is 15. The van der Waals surface area contributed by atoms with Gasteiger partial charge in [-0.3, -0.25) is 0 Å². The molecule has 0 bridgehead atoms. The molecule has 0 atom stereocenters. The van der Waals surface area contributed by atoms with Gasteiger partial charge in [0.25, 0.3) is 0 Å². The lowest BCUT2D eigenvalue weighted by molar-refractivity contribution is 0.0681. The molecule has 0 saturated carbocycles. The van der Waals surface area contributed by atoms with Crippen molar-refractivity contribution in [3.8, 4) is 5.75 Å². The molecule has 2 N–H and O–H groups in total. The van der Waals surface area contributed by atoms with E-state index in [1.807, 2.05) is 6.07 Å². The lowest BCUT2D eigenvalue weighted by Gasteiger charge is -2.06. The van der Waals surface area contributed by atoms with E-state index in [4.69, 9.17) is 14.4 Å². The number of para-hydroxylation sites is 1. The van der Waals surface area contributed by atoms with E-state index in [0.29, 0.717) is 12.2 Å². The van der Waals surface area contributed by atoms with Gasteiger partial charge in [-0.1, -0.05) is 82.9 Å². The molecule has 0 unspecified atom stereocenters. The first-order valence-electron chi connectivity index (χ1n) is 11.8. The van der Waals surface area contributed by atoms with Gasteiger partial charge in [0.1, 0.15) is 5.75 Å². The first kappa shape index (κ1) is 29.2. The number of aromatic carboxylic acids is 2. The second-order valence-corrected chi connectivity index (χ2v) is 9.72. The molecule has 0 aromatic heterocycles. The summed E-state index contributed by atoms with van der Waals surface area (Å²) in [6.45, 7) is 2.23. The number of hydrogen-bond acceptors (Lipinski definition) is 5. The van der Waals surface area contributed by atoms with E-state index in [-0.39, 0.29) is 16.9 Å². The monoisotopic (exact) mass is 492 g/mol. The maximum Gasteiger partial charge on any atom is 0.335 e. The fourth-order valence-electron chi connectivity index (χ4n) is 3.19. The molecule has 0 aliphatic rings. The standard InChI is InChI=1S/C18H30O3S.C8H6O4/c1-2-3-4-5-6-7-8-9-10-14-17-22(19,20)21-18-15-12-11-13-16-18;9-7(10)5-1-2-6(4-3-5)8(11)12/h11-13,15-16H,2-10,14,17H2,1H3;1-4H,(H,9,10)(H,11,12). The van der Waals surface area contributed by atoms with Gasteiger partial charge in [-0.2, -0.15) is 8.42 Å². The summed E-state index contributed by atoms with van der Waals surface area (Å²) in [5.41, 5.74) is 0.167. The predicted molar refractivity (Wildman–Crippen MR) is 133 cm³/mol. The summed E-state index contributed by atoms with van der Waals surface area (Å²) in [5.74, 6) is -1.62. The molecule has 2 aromatic rings. The topological polar surface area (TPSA) is 118 Å². The van der Waals surface area contributed by atoms with Gasteiger partial charge in [0, 0.05) is 0 Å². The lowest BCUT2D eigenvalue weighted by atomic mass is 10.1. The van der Waals surface area contributed by atoms with Crippen molar-refractivity contribution >= 4 is 22.1 Å². The van der Waals surface area contributed by atoms with Gasteiger partial charge < -0.3 is 14.4 Å². The van der Waals surface area contributed by atoms with Gasteiger partial charge >= 0.3 is 22.1 Å². The minimum atomic E-state index is -3.44. The van der Waals surface area contributed by atoms with Gasteiger partial charge in [-0.15, -0.1) is 0 Å². The minimum absolute atomic E-state index is 0.0833. The highest BCUT2D eigenvalue weighted by atomic mass is 32.2. The van der Waals surface area contributed by atoms with Crippen molar-refractivity contribution < 1.29 is 32.4 Å². The predicted octanol–water partition coefficient (Wildman–Crippen LogP) is 6.40. The summed E-state index contributed by atoms with van der Waals surface area (Å²) in [5, 5.41) is 16.9. The van der Waals surface area contributed by atoms with Crippen molar-refractivity contribution in [1.29, 1.82) is 0 Å². The molecule has 0 aliphatic heterocycles. The molecule has 7 nitrogen and oxygen atoms in total. The number of unbranched alkanes of at least 4 members (excludes halogenated alkanes) is 9. The van der Waals surface area contributed by atoms with Crippen LogP contribution in [0.4, 0.5) is 0 Å². The Hall–Kier alpha value is -2.87. The van der Waals surface area contributed by atoms with Crippen molar-refractivity contribution in [2.24, 2.45) is 0 Å². The van der Waals surface area contributed by atoms with Crippen LogP contribution in [0.5, 0.6) is 5.75 Å². The van der Waals surface area contributed by atoms with Crippen LogP contribution in [0, 0.1) is 0 Å². The zero-order chi connectivity index (χ0) is 25.2. The molecule has 0 heterocycles. The summed E-state index contributed by atoms with van der Waals surface area (Å²) in [6.07, 6.45) is 11.9. The van der Waals surface area contributed by atoms with E-state index < -0.39 is 22.1 Å². The average molecular weight is 493 g/mol. The smallest absolute Gasteiger partial charge is 0.335 e. The molecule has 0 saturated heterocycles. The maximum absolute atomic E-state index is 11.8. The summed E-state index contributed by atoms with van der Waals surface area (Å²) >= 11 is 0. The van der Waals surface area contributed by atoms with Crippen LogP contribution in [-0.2, 0) is 10.1 Å². The Balaban J connectivity index is 0.000000404. The molecule has 2 aromatic carbocycles. The normalized spacial score (nSPS) is 10.7. The van der Waals surface area contributed by atoms with Crippen molar-refractivity contribution in [2.45, 2.75) is 71.1 Å². The van der Waals surface area contributed by atoms with Crippen LogP contribution in [0.2, 0.25) is 0 Å². The largest absolute Gasteiger partial charge is 0.478 e. The third kappa shape index (κ3) is 13.6. The first-order valence-corrected chi connectivity index (χ1v) is 13.4. The Kier molecular flexibility index (Phi) is 14.3. The Morgan fingerprint density at radius 1 is 0.676 bits per heavy atom. The lowest BCUT2D eigenvalue weighted by Crippen LogP contribution is -2.13. The van der Waals surface area contributed by atoms with E-state index >= 15 is 0 Å². The molecule has 8 heteroatoms. The van der Waals surface area contributed by atoms with E-state index in [1.165, 1.54) is 69.2 Å². The number of hydrogen-bond donors (Lipinski definition) is 2. The molecule has 0 aliphatic carbocycles. The Bertz CT molecular complexity index is 906. The third-order valence-electron chi connectivity index (χ3n) is 5.09. The number of carboxylic acid groups (broad SMARTS) is 2. The second kappa shape index (κ2) is 16.7. The van der Waals surface area contributed by atoms with Gasteiger partial charge in [0.15, 0.2) is 0 Å². The van der Waals surface area contributed by atoms with Crippen LogP contribution in [0.15, 0.2) is 54.6 Å². The first-order chi connectivity index (χ1) is 16.2. The maximum atomic E-state index is 11.8. The summed E-state index contributed by atoms with van der Waals surface area (Å²) in [4.78, 5) is 20.7. The molecular formula is C26H36O7S. The van der Waals surface area contributed by atoms with E-state index in [2.05, 4.69) is 6.92 Å². The molecule has 0 spiro atoms. The summed E-state index contributed by atoms with van der Waals surface area (Å²) in [6, 6.07) is 13.7. The quantitative estimate of drug-likeness (QED) is 0.218. The highest BCUT2D eigenvalue weighted by Gasteiger charge is 2.11. The second-order valence-electron chi connectivity index (χ2n) is 8.03. The van der Waals surface area contributed by atoms with Crippen molar-refractivity contribution in [2.75, 3.05) is 5.75 Å². The van der Waals surface area contributed by atoms with Gasteiger partial charge in [0.2, 0.25) is 0 Å². The Morgan fingerprint density at radius 3 is 1.50 bits per heavy atom. The Morgan fingerprint density at radius 2 is 1.09 bits per heavy atom. The van der Waals surface area contributed by atoms with Crippen LogP contribution in [-0.4, -0.2) is 36.3 Å². The molecule has 0 fully saturated rings. The minimum Gasteiger partial charge on any atom is -0.478 e. The summed E-state index contributed by atoms with van der Waals surface area (Å²) < 4.78 is 28.7. The van der Waals surface area contributed by atoms with Crippen molar-refractivity contribution in [3.05, 3.63) is 65.7 Å². The number of carbonyl (C=O) groups is 2. The Labute approximate surface area is 202 Å². The fourth-order valence-corrected chi connectivity index (χ4v) is 4.23. The van der Waals surface area contributed by atoms with Crippen molar-refractivity contribution in [3.63, 3.8) is 0 Å². The summed E-state index contributed by atoms with van der Waals surface area (Å²) in [7, 11) is -3.44. The van der Waals surface area contributed by atoms with Crippen LogP contribution >= 0.6 is 0 Å². The highest BCUT2D eigenvalue weighted by Crippen LogP contribution is 2.14. The molecular weight excluding hydrogens is 456 g/mol. The zero-order valence-corrected chi connectivity index (χ0v) is 20.6. The average Bonchev–Trinajstić information content (AvgIpc) is 2.81. The number of benzene rings is 2. The van der Waals surface area contributed by atoms with Crippen LogP contribution < -0.4 is 4.18 Å². The molecule has 0 radical (unpaired) electrons. The van der Waals surface area contributed by atoms with Crippen LogP contribution in [0.1, 0.15) is 91.8 Å². The third-order valence-corrected chi connectivity index (χ3v) is 6.33. The zero-order valence-electron chi connectivity index (χ0n) is 19.8. The van der Waals surface area contributed by atoms with E-state index in [1.54, 1.807) is 24.3 Å². The van der Waals surface area contributed by atoms with Gasteiger partial charge in [-0.25, -0.2) is 9.59 Å². The van der Waals surface area contributed by atoms with Crippen molar-refractivity contribution in [1.82, 2.24) is 0 Å². The van der Waals surface area contributed by atoms with Gasteiger partial charge in [0.05, 0.1) is 16.9 Å². The highest BCUT2D eigenvalue weighted by molar-refractivity contribution is 7.87.